The molecule has 1 amide bonds. The van der Waals surface area contributed by atoms with E-state index >= 15 is 0 Å². The minimum Gasteiger partial charge on any atom is -0.355 e. The van der Waals surface area contributed by atoms with Gasteiger partial charge in [-0.25, -0.2) is 4.98 Å². The van der Waals surface area contributed by atoms with Gasteiger partial charge in [0.15, 0.2) is 0 Å². The quantitative estimate of drug-likeness (QED) is 0.625. The molecule has 0 atom stereocenters. The number of benzene rings is 1. The molecule has 0 saturated heterocycles. The topological polar surface area (TPSA) is 76.0 Å². The molecule has 26 heavy (non-hydrogen) atoms. The Morgan fingerprint density at radius 3 is 2.73 bits per heavy atom. The van der Waals surface area contributed by atoms with E-state index in [9.17, 15) is 9.59 Å². The number of aromatic nitrogens is 2. The minimum atomic E-state index is -0.102. The molecule has 136 valence electrons. The Kier molecular flexibility index (Phi) is 5.80. The van der Waals surface area contributed by atoms with Gasteiger partial charge in [-0.3, -0.25) is 14.2 Å². The zero-order valence-electron chi connectivity index (χ0n) is 14.9. The molecule has 3 rings (SSSR count). The average Bonchev–Trinajstić information content (AvgIpc) is 3.07. The number of likely N-dealkylation sites (N-methyl/N-ethyl adjacent to an activating group) is 1. The molecule has 2 N–H and O–H groups in total. The van der Waals surface area contributed by atoms with Crippen molar-refractivity contribution in [3.8, 4) is 11.1 Å². The fraction of sp³-hybridized carbons (Fsp3) is 0.316. The summed E-state index contributed by atoms with van der Waals surface area (Å²) in [6.45, 7) is 3.64. The van der Waals surface area contributed by atoms with Crippen LogP contribution in [0.2, 0.25) is 0 Å². The number of nitrogens with zero attached hydrogens (tertiary/aromatic N) is 2. The summed E-state index contributed by atoms with van der Waals surface area (Å²) in [4.78, 5) is 29.9. The summed E-state index contributed by atoms with van der Waals surface area (Å²) in [5.74, 6) is -0.0728. The maximum Gasteiger partial charge on any atom is 0.262 e. The van der Waals surface area contributed by atoms with E-state index in [-0.39, 0.29) is 17.9 Å². The molecule has 0 unspecified atom stereocenters. The fourth-order valence-corrected chi connectivity index (χ4v) is 3.62. The Morgan fingerprint density at radius 2 is 2.00 bits per heavy atom. The van der Waals surface area contributed by atoms with Gasteiger partial charge in [-0.2, -0.15) is 0 Å². The molecule has 0 bridgehead atoms. The molecule has 0 fully saturated rings. The number of amides is 1. The molecule has 1 aromatic carbocycles. The van der Waals surface area contributed by atoms with Crippen LogP contribution in [0, 0.1) is 6.92 Å². The third-order valence-corrected chi connectivity index (χ3v) is 5.09. The van der Waals surface area contributed by atoms with Crippen LogP contribution in [0.3, 0.4) is 0 Å². The van der Waals surface area contributed by atoms with Gasteiger partial charge in [0.05, 0.1) is 11.7 Å². The van der Waals surface area contributed by atoms with Gasteiger partial charge in [0.1, 0.15) is 4.83 Å². The maximum absolute atomic E-state index is 12.9. The lowest BCUT2D eigenvalue weighted by atomic mass is 10.1. The summed E-state index contributed by atoms with van der Waals surface area (Å²) in [5.41, 5.74) is 2.97. The number of carbonyl (C=O) groups excluding carboxylic acids is 1. The molecule has 0 aliphatic rings. The molecule has 3 aromatic rings. The standard InChI is InChI=1S/C19H22N4O2S/c1-13-3-5-14(6-4-13)15-11-26-18-17(15)19(25)23(12-22-18)10-7-16(24)21-9-8-20-2/h3-6,11-12,20H,7-10H2,1-2H3,(H,21,24). The minimum absolute atomic E-state index is 0.0728. The first-order valence-electron chi connectivity index (χ1n) is 8.55. The van der Waals surface area contributed by atoms with E-state index in [1.54, 1.807) is 0 Å². The largest absolute Gasteiger partial charge is 0.355 e. The summed E-state index contributed by atoms with van der Waals surface area (Å²) in [5, 5.41) is 8.38. The first-order chi connectivity index (χ1) is 12.6. The predicted molar refractivity (Wildman–Crippen MR) is 106 cm³/mol. The van der Waals surface area contributed by atoms with Crippen LogP contribution in [-0.2, 0) is 11.3 Å². The summed E-state index contributed by atoms with van der Waals surface area (Å²) in [7, 11) is 1.83. The number of carbonyl (C=O) groups is 1. The summed E-state index contributed by atoms with van der Waals surface area (Å²) in [6.07, 6.45) is 1.78. The van der Waals surface area contributed by atoms with Crippen LogP contribution in [0.4, 0.5) is 0 Å². The number of fused-ring (bicyclic) bond motifs is 1. The highest BCUT2D eigenvalue weighted by atomic mass is 32.1. The number of hydrogen-bond acceptors (Lipinski definition) is 5. The third-order valence-electron chi connectivity index (χ3n) is 4.20. The summed E-state index contributed by atoms with van der Waals surface area (Å²) >= 11 is 1.46. The van der Waals surface area contributed by atoms with Crippen molar-refractivity contribution < 1.29 is 4.79 Å². The van der Waals surface area contributed by atoms with E-state index in [2.05, 4.69) is 15.6 Å². The van der Waals surface area contributed by atoms with Crippen molar-refractivity contribution in [1.82, 2.24) is 20.2 Å². The highest BCUT2D eigenvalue weighted by Gasteiger charge is 2.13. The van der Waals surface area contributed by atoms with E-state index < -0.39 is 0 Å². The molecule has 6 nitrogen and oxygen atoms in total. The number of nitrogens with one attached hydrogen (secondary N) is 2. The van der Waals surface area contributed by atoms with E-state index in [0.717, 1.165) is 16.0 Å². The zero-order chi connectivity index (χ0) is 18.5. The Bertz CT molecular complexity index is 960. The van der Waals surface area contributed by atoms with Crippen molar-refractivity contribution in [3.05, 3.63) is 51.9 Å². The molecular weight excluding hydrogens is 348 g/mol. The Hall–Kier alpha value is -2.51. The van der Waals surface area contributed by atoms with Crippen LogP contribution in [-0.4, -0.2) is 35.6 Å². The number of rotatable bonds is 7. The van der Waals surface area contributed by atoms with Crippen LogP contribution in [0.25, 0.3) is 21.3 Å². The van der Waals surface area contributed by atoms with Crippen molar-refractivity contribution in [3.63, 3.8) is 0 Å². The predicted octanol–water partition coefficient (Wildman–Crippen LogP) is 2.16. The number of thiophene rings is 1. The molecule has 2 aromatic heterocycles. The van der Waals surface area contributed by atoms with Gasteiger partial charge in [-0.1, -0.05) is 29.8 Å². The van der Waals surface area contributed by atoms with Gasteiger partial charge < -0.3 is 10.6 Å². The van der Waals surface area contributed by atoms with Crippen molar-refractivity contribution in [2.24, 2.45) is 0 Å². The van der Waals surface area contributed by atoms with Crippen molar-refractivity contribution in [1.29, 1.82) is 0 Å². The maximum atomic E-state index is 12.9. The first-order valence-corrected chi connectivity index (χ1v) is 9.43. The lowest BCUT2D eigenvalue weighted by Gasteiger charge is -2.07. The third kappa shape index (κ3) is 4.00. The van der Waals surface area contributed by atoms with Gasteiger partial charge in [0.2, 0.25) is 5.91 Å². The lowest BCUT2D eigenvalue weighted by molar-refractivity contribution is -0.121. The second-order valence-corrected chi connectivity index (χ2v) is 7.00. The van der Waals surface area contributed by atoms with Gasteiger partial charge in [-0.05, 0) is 19.5 Å². The normalized spacial score (nSPS) is 11.0. The van der Waals surface area contributed by atoms with Gasteiger partial charge in [0.25, 0.3) is 5.56 Å². The van der Waals surface area contributed by atoms with Crippen molar-refractivity contribution in [2.45, 2.75) is 19.9 Å². The van der Waals surface area contributed by atoms with E-state index in [4.69, 9.17) is 0 Å². The smallest absolute Gasteiger partial charge is 0.262 e. The Labute approximate surface area is 155 Å². The number of aryl methyl sites for hydroxylation is 2. The zero-order valence-corrected chi connectivity index (χ0v) is 15.7. The van der Waals surface area contributed by atoms with Crippen LogP contribution < -0.4 is 16.2 Å². The lowest BCUT2D eigenvalue weighted by Crippen LogP contribution is -2.32. The second kappa shape index (κ2) is 8.25. The first kappa shape index (κ1) is 18.3. The summed E-state index contributed by atoms with van der Waals surface area (Å²) in [6, 6.07) is 8.10. The molecule has 0 spiro atoms. The molecule has 0 saturated carbocycles. The molecule has 0 aliphatic carbocycles. The van der Waals surface area contributed by atoms with Gasteiger partial charge in [0, 0.05) is 37.0 Å². The van der Waals surface area contributed by atoms with Crippen LogP contribution in [0.5, 0.6) is 0 Å². The number of hydrogen-bond donors (Lipinski definition) is 2. The SMILES string of the molecule is CNCCNC(=O)CCn1cnc2scc(-c3ccc(C)cc3)c2c1=O. The van der Waals surface area contributed by atoms with E-state index in [1.807, 2.05) is 43.6 Å². The van der Waals surface area contributed by atoms with Crippen LogP contribution >= 0.6 is 11.3 Å². The van der Waals surface area contributed by atoms with Gasteiger partial charge in [-0.15, -0.1) is 11.3 Å². The van der Waals surface area contributed by atoms with E-state index in [1.165, 1.54) is 27.8 Å². The van der Waals surface area contributed by atoms with Crippen LogP contribution in [0.1, 0.15) is 12.0 Å². The van der Waals surface area contributed by atoms with E-state index in [0.29, 0.717) is 25.0 Å². The second-order valence-electron chi connectivity index (χ2n) is 6.14. The highest BCUT2D eigenvalue weighted by molar-refractivity contribution is 7.17. The summed E-state index contributed by atoms with van der Waals surface area (Å²) < 4.78 is 1.52. The highest BCUT2D eigenvalue weighted by Crippen LogP contribution is 2.30. The molecule has 0 aliphatic heterocycles. The molecule has 0 radical (unpaired) electrons. The average molecular weight is 370 g/mol. The molecule has 2 heterocycles. The Balaban J connectivity index is 1.84. The Morgan fingerprint density at radius 1 is 1.23 bits per heavy atom. The van der Waals surface area contributed by atoms with Crippen molar-refractivity contribution in [2.75, 3.05) is 20.1 Å². The van der Waals surface area contributed by atoms with Crippen molar-refractivity contribution >= 4 is 27.5 Å². The molecule has 7 heteroatoms. The molecular formula is C19H22N4O2S. The fourth-order valence-electron chi connectivity index (χ4n) is 2.71. The monoisotopic (exact) mass is 370 g/mol. The van der Waals surface area contributed by atoms with Crippen LogP contribution in [0.15, 0.2) is 40.8 Å². The van der Waals surface area contributed by atoms with Gasteiger partial charge >= 0.3 is 0 Å².